The highest BCUT2D eigenvalue weighted by Crippen LogP contribution is 2.32. The Bertz CT molecular complexity index is 849. The molecule has 6 heteroatoms. The van der Waals surface area contributed by atoms with E-state index in [1.54, 1.807) is 17.5 Å². The van der Waals surface area contributed by atoms with E-state index < -0.39 is 10.0 Å². The molecule has 0 spiro atoms. The van der Waals surface area contributed by atoms with Crippen molar-refractivity contribution in [2.75, 3.05) is 6.54 Å². The maximum atomic E-state index is 12.9. The fourth-order valence-electron chi connectivity index (χ4n) is 2.62. The number of benzene rings is 1. The highest BCUT2D eigenvalue weighted by Gasteiger charge is 2.31. The molecule has 23 heavy (non-hydrogen) atoms. The van der Waals surface area contributed by atoms with Gasteiger partial charge < -0.3 is 4.42 Å². The van der Waals surface area contributed by atoms with E-state index in [9.17, 15) is 8.42 Å². The summed E-state index contributed by atoms with van der Waals surface area (Å²) >= 11 is 1.24. The molecule has 122 valence electrons. The van der Waals surface area contributed by atoms with Crippen LogP contribution in [0.15, 0.2) is 56.5 Å². The highest BCUT2D eigenvalue weighted by atomic mass is 32.2. The smallest absolute Gasteiger partial charge is 0.253 e. The Hall–Kier alpha value is -1.63. The summed E-state index contributed by atoms with van der Waals surface area (Å²) in [7, 11) is -3.51. The van der Waals surface area contributed by atoms with Crippen molar-refractivity contribution < 1.29 is 12.8 Å². The third-order valence-electron chi connectivity index (χ3n) is 3.79. The van der Waals surface area contributed by atoms with Crippen molar-refractivity contribution in [3.63, 3.8) is 0 Å². The Morgan fingerprint density at radius 1 is 1.22 bits per heavy atom. The number of sulfonamides is 1. The summed E-state index contributed by atoms with van der Waals surface area (Å²) in [5.74, 6) is 0.666. The zero-order valence-corrected chi connectivity index (χ0v) is 14.7. The molecule has 0 bridgehead atoms. The second kappa shape index (κ2) is 6.47. The Morgan fingerprint density at radius 3 is 2.65 bits per heavy atom. The summed E-state index contributed by atoms with van der Waals surface area (Å²) in [5.41, 5.74) is 0.777. The molecule has 0 fully saturated rings. The van der Waals surface area contributed by atoms with E-state index in [1.165, 1.54) is 15.6 Å². The molecule has 2 aromatic heterocycles. The molecular formula is C17H19NO3S2. The first-order chi connectivity index (χ1) is 11.0. The Kier molecular flexibility index (Phi) is 4.57. The predicted octanol–water partition coefficient (Wildman–Crippen LogP) is 4.66. The lowest BCUT2D eigenvalue weighted by atomic mass is 10.2. The number of thiophene rings is 1. The van der Waals surface area contributed by atoms with E-state index in [4.69, 9.17) is 4.42 Å². The lowest BCUT2D eigenvalue weighted by molar-refractivity contribution is 0.306. The molecular weight excluding hydrogens is 330 g/mol. The molecule has 0 unspecified atom stereocenters. The minimum atomic E-state index is -3.51. The van der Waals surface area contributed by atoms with Gasteiger partial charge in [0.15, 0.2) is 0 Å². The van der Waals surface area contributed by atoms with Gasteiger partial charge in [-0.15, -0.1) is 11.3 Å². The Morgan fingerprint density at radius 2 is 2.00 bits per heavy atom. The summed E-state index contributed by atoms with van der Waals surface area (Å²) in [6.07, 6.45) is 0.745. The fraction of sp³-hybridized carbons (Fsp3) is 0.294. The van der Waals surface area contributed by atoms with Gasteiger partial charge in [-0.2, -0.15) is 4.31 Å². The van der Waals surface area contributed by atoms with Gasteiger partial charge in [-0.25, -0.2) is 8.42 Å². The van der Waals surface area contributed by atoms with Gasteiger partial charge in [0.25, 0.3) is 10.0 Å². The third kappa shape index (κ3) is 3.06. The van der Waals surface area contributed by atoms with Crippen molar-refractivity contribution in [3.05, 3.63) is 53.6 Å². The van der Waals surface area contributed by atoms with Gasteiger partial charge in [0.2, 0.25) is 0 Å². The first-order valence-corrected chi connectivity index (χ1v) is 9.90. The normalized spacial score (nSPS) is 13.7. The summed E-state index contributed by atoms with van der Waals surface area (Å²) in [4.78, 5) is 0. The monoisotopic (exact) mass is 349 g/mol. The second-order valence-corrected chi connectivity index (χ2v) is 8.48. The fourth-order valence-corrected chi connectivity index (χ4v) is 5.43. The lowest BCUT2D eigenvalue weighted by Crippen LogP contribution is -2.33. The number of nitrogens with zero attached hydrogens (tertiary/aromatic N) is 1. The summed E-state index contributed by atoms with van der Waals surface area (Å²) in [6.45, 7) is 4.30. The van der Waals surface area contributed by atoms with Crippen LogP contribution in [0, 0.1) is 0 Å². The van der Waals surface area contributed by atoms with Gasteiger partial charge in [0.1, 0.15) is 15.6 Å². The van der Waals surface area contributed by atoms with Crippen LogP contribution >= 0.6 is 11.3 Å². The number of para-hydroxylation sites is 1. The van der Waals surface area contributed by atoms with Gasteiger partial charge in [-0.05, 0) is 36.9 Å². The molecule has 0 aliphatic carbocycles. The van der Waals surface area contributed by atoms with E-state index >= 15 is 0 Å². The van der Waals surface area contributed by atoms with Crippen LogP contribution in [0.1, 0.15) is 32.1 Å². The molecule has 0 N–H and O–H groups in total. The Labute approximate surface area is 140 Å². The molecule has 0 saturated heterocycles. The van der Waals surface area contributed by atoms with Crippen molar-refractivity contribution >= 4 is 32.3 Å². The zero-order valence-electron chi connectivity index (χ0n) is 13.1. The minimum absolute atomic E-state index is 0.352. The van der Waals surface area contributed by atoms with E-state index in [0.717, 1.165) is 17.4 Å². The molecule has 3 rings (SSSR count). The SMILES string of the molecule is CCCN([C@H](C)c1cc2ccccc2o1)S(=O)(=O)c1cccs1. The molecule has 0 amide bonds. The van der Waals surface area contributed by atoms with Gasteiger partial charge in [-0.1, -0.05) is 31.2 Å². The van der Waals surface area contributed by atoms with Crippen LogP contribution in [0.25, 0.3) is 11.0 Å². The number of furan rings is 1. The molecule has 0 radical (unpaired) electrons. The van der Waals surface area contributed by atoms with Crippen molar-refractivity contribution in [1.29, 1.82) is 0 Å². The quantitative estimate of drug-likeness (QED) is 0.650. The molecule has 1 atom stereocenters. The van der Waals surface area contributed by atoms with Crippen LogP contribution < -0.4 is 0 Å². The average molecular weight is 349 g/mol. The highest BCUT2D eigenvalue weighted by molar-refractivity contribution is 7.91. The van der Waals surface area contributed by atoms with Crippen LogP contribution in [-0.4, -0.2) is 19.3 Å². The van der Waals surface area contributed by atoms with Crippen molar-refractivity contribution in [3.8, 4) is 0 Å². The number of hydrogen-bond donors (Lipinski definition) is 0. The summed E-state index contributed by atoms with van der Waals surface area (Å²) in [6, 6.07) is 12.7. The van der Waals surface area contributed by atoms with Gasteiger partial charge in [0, 0.05) is 11.9 Å². The predicted molar refractivity (Wildman–Crippen MR) is 93.1 cm³/mol. The molecule has 4 nitrogen and oxygen atoms in total. The first-order valence-electron chi connectivity index (χ1n) is 7.58. The zero-order chi connectivity index (χ0) is 16.4. The van der Waals surface area contributed by atoms with Crippen molar-refractivity contribution in [2.24, 2.45) is 0 Å². The second-order valence-electron chi connectivity index (χ2n) is 5.41. The molecule has 0 aliphatic rings. The van der Waals surface area contributed by atoms with Crippen LogP contribution in [-0.2, 0) is 10.0 Å². The molecule has 3 aromatic rings. The lowest BCUT2D eigenvalue weighted by Gasteiger charge is -2.26. The van der Waals surface area contributed by atoms with Crippen LogP contribution in [0.5, 0.6) is 0 Å². The third-order valence-corrected chi connectivity index (χ3v) is 7.13. The number of hydrogen-bond acceptors (Lipinski definition) is 4. The van der Waals surface area contributed by atoms with Crippen molar-refractivity contribution in [1.82, 2.24) is 4.31 Å². The molecule has 0 aliphatic heterocycles. The largest absolute Gasteiger partial charge is 0.459 e. The summed E-state index contributed by atoms with van der Waals surface area (Å²) in [5, 5.41) is 2.77. The average Bonchev–Trinajstić information content (AvgIpc) is 3.20. The van der Waals surface area contributed by atoms with E-state index in [0.29, 0.717) is 16.5 Å². The maximum Gasteiger partial charge on any atom is 0.253 e. The van der Waals surface area contributed by atoms with Crippen molar-refractivity contribution in [2.45, 2.75) is 30.5 Å². The minimum Gasteiger partial charge on any atom is -0.459 e. The topological polar surface area (TPSA) is 50.5 Å². The number of rotatable bonds is 6. The molecule has 2 heterocycles. The van der Waals surface area contributed by atoms with Crippen LogP contribution in [0.3, 0.4) is 0 Å². The van der Waals surface area contributed by atoms with E-state index in [-0.39, 0.29) is 6.04 Å². The molecule has 0 saturated carbocycles. The van der Waals surface area contributed by atoms with Gasteiger partial charge >= 0.3 is 0 Å². The molecule has 1 aromatic carbocycles. The first kappa shape index (κ1) is 16.2. The van der Waals surface area contributed by atoms with Crippen LogP contribution in [0.4, 0.5) is 0 Å². The Balaban J connectivity index is 2.00. The van der Waals surface area contributed by atoms with Gasteiger partial charge in [-0.3, -0.25) is 0 Å². The maximum absolute atomic E-state index is 12.9. The number of fused-ring (bicyclic) bond motifs is 1. The van der Waals surface area contributed by atoms with Gasteiger partial charge in [0.05, 0.1) is 6.04 Å². The standard InChI is InChI=1S/C17H19NO3S2/c1-3-10-18(23(19,20)17-9-6-11-22-17)13(2)16-12-14-7-4-5-8-15(14)21-16/h4-9,11-13H,3,10H2,1-2H3/t13-/m1/s1. The van der Waals surface area contributed by atoms with E-state index in [2.05, 4.69) is 0 Å². The van der Waals surface area contributed by atoms with E-state index in [1.807, 2.05) is 44.2 Å². The summed E-state index contributed by atoms with van der Waals surface area (Å²) < 4.78 is 33.6. The van der Waals surface area contributed by atoms with Crippen LogP contribution in [0.2, 0.25) is 0 Å².